The van der Waals surface area contributed by atoms with Crippen LogP contribution in [0.25, 0.3) is 0 Å². The minimum atomic E-state index is -0.729. The van der Waals surface area contributed by atoms with E-state index in [0.717, 1.165) is 6.54 Å². The summed E-state index contributed by atoms with van der Waals surface area (Å²) in [6.45, 7) is 5.33. The Kier molecular flexibility index (Phi) is 4.20. The van der Waals surface area contributed by atoms with Crippen LogP contribution in [0.4, 0.5) is 4.39 Å². The molecule has 3 nitrogen and oxygen atoms in total. The van der Waals surface area contributed by atoms with Gasteiger partial charge >= 0.3 is 5.97 Å². The number of aliphatic carboxylic acids is 1. The van der Waals surface area contributed by atoms with E-state index in [1.807, 2.05) is 19.9 Å². The van der Waals surface area contributed by atoms with Gasteiger partial charge < -0.3 is 5.11 Å². The van der Waals surface area contributed by atoms with Crippen molar-refractivity contribution in [3.8, 4) is 0 Å². The van der Waals surface area contributed by atoms with Crippen molar-refractivity contribution >= 4 is 5.97 Å². The lowest BCUT2D eigenvalue weighted by molar-refractivity contribution is -0.142. The zero-order chi connectivity index (χ0) is 14.0. The Morgan fingerprint density at radius 2 is 2.16 bits per heavy atom. The standard InChI is InChI=1S/C15H20FNO2/c1-10-8-17(9-13(10)15(18)19)11(2)7-12-5-3-4-6-14(12)16/h3-6,10-11,13H,7-9H2,1-2H3,(H,18,19)/t10-,11?,13-/m1/s1. The van der Waals surface area contributed by atoms with Crippen LogP contribution in [-0.4, -0.2) is 35.1 Å². The molecule has 4 heteroatoms. The van der Waals surface area contributed by atoms with Crippen LogP contribution in [0.5, 0.6) is 0 Å². The number of likely N-dealkylation sites (tertiary alicyclic amines) is 1. The number of benzene rings is 1. The molecular weight excluding hydrogens is 245 g/mol. The monoisotopic (exact) mass is 265 g/mol. The Bertz CT molecular complexity index is 463. The third-order valence-corrected chi connectivity index (χ3v) is 4.05. The van der Waals surface area contributed by atoms with Crippen LogP contribution in [0.15, 0.2) is 24.3 Å². The van der Waals surface area contributed by atoms with Crippen LogP contribution < -0.4 is 0 Å². The summed E-state index contributed by atoms with van der Waals surface area (Å²) >= 11 is 0. The molecule has 1 aromatic rings. The Morgan fingerprint density at radius 1 is 1.47 bits per heavy atom. The Hall–Kier alpha value is -1.42. The molecule has 1 aliphatic heterocycles. The number of carboxylic acid groups (broad SMARTS) is 1. The van der Waals surface area contributed by atoms with E-state index in [4.69, 9.17) is 5.11 Å². The van der Waals surface area contributed by atoms with E-state index in [2.05, 4.69) is 4.90 Å². The van der Waals surface area contributed by atoms with Gasteiger partial charge in [-0.05, 0) is 30.9 Å². The lowest BCUT2D eigenvalue weighted by Gasteiger charge is -2.24. The van der Waals surface area contributed by atoms with E-state index >= 15 is 0 Å². The first-order valence-electron chi connectivity index (χ1n) is 6.69. The molecule has 0 aromatic heterocycles. The summed E-state index contributed by atoms with van der Waals surface area (Å²) in [5.41, 5.74) is 0.696. The molecule has 1 aromatic carbocycles. The molecule has 1 unspecified atom stereocenters. The van der Waals surface area contributed by atoms with Gasteiger partial charge in [0.2, 0.25) is 0 Å². The molecule has 1 aliphatic rings. The Labute approximate surface area is 113 Å². The van der Waals surface area contributed by atoms with Crippen molar-refractivity contribution in [1.29, 1.82) is 0 Å². The summed E-state index contributed by atoms with van der Waals surface area (Å²) in [5.74, 6) is -1.06. The summed E-state index contributed by atoms with van der Waals surface area (Å²) in [7, 11) is 0. The number of carboxylic acids is 1. The van der Waals surface area contributed by atoms with E-state index in [9.17, 15) is 9.18 Å². The van der Waals surface area contributed by atoms with Crippen molar-refractivity contribution in [2.45, 2.75) is 26.3 Å². The maximum absolute atomic E-state index is 13.6. The van der Waals surface area contributed by atoms with Crippen molar-refractivity contribution in [3.63, 3.8) is 0 Å². The fraction of sp³-hybridized carbons (Fsp3) is 0.533. The van der Waals surface area contributed by atoms with Crippen LogP contribution in [0.2, 0.25) is 0 Å². The van der Waals surface area contributed by atoms with Crippen molar-refractivity contribution < 1.29 is 14.3 Å². The predicted octanol–water partition coefficient (Wildman–Crippen LogP) is 2.41. The molecule has 2 rings (SSSR count). The van der Waals surface area contributed by atoms with Gasteiger partial charge in [0.25, 0.3) is 0 Å². The second-order valence-corrected chi connectivity index (χ2v) is 5.52. The Balaban J connectivity index is 2.00. The fourth-order valence-electron chi connectivity index (χ4n) is 2.80. The summed E-state index contributed by atoms with van der Waals surface area (Å²) < 4.78 is 13.6. The van der Waals surface area contributed by atoms with E-state index in [-0.39, 0.29) is 23.7 Å². The van der Waals surface area contributed by atoms with Crippen molar-refractivity contribution in [2.75, 3.05) is 13.1 Å². The second-order valence-electron chi connectivity index (χ2n) is 5.52. The fourth-order valence-corrected chi connectivity index (χ4v) is 2.80. The van der Waals surface area contributed by atoms with Gasteiger partial charge in [-0.15, -0.1) is 0 Å². The molecular formula is C15H20FNO2. The van der Waals surface area contributed by atoms with E-state index in [1.54, 1.807) is 12.1 Å². The number of hydrogen-bond donors (Lipinski definition) is 1. The molecule has 3 atom stereocenters. The molecule has 1 saturated heterocycles. The molecule has 0 spiro atoms. The van der Waals surface area contributed by atoms with Crippen molar-refractivity contribution in [1.82, 2.24) is 4.90 Å². The van der Waals surface area contributed by atoms with Crippen LogP contribution in [-0.2, 0) is 11.2 Å². The van der Waals surface area contributed by atoms with Crippen molar-refractivity contribution in [2.24, 2.45) is 11.8 Å². The molecule has 0 bridgehead atoms. The molecule has 19 heavy (non-hydrogen) atoms. The minimum absolute atomic E-state index is 0.153. The van der Waals surface area contributed by atoms with E-state index < -0.39 is 5.97 Å². The molecule has 0 aliphatic carbocycles. The van der Waals surface area contributed by atoms with E-state index in [1.165, 1.54) is 6.07 Å². The normalized spacial score (nSPS) is 25.4. The van der Waals surface area contributed by atoms with Gasteiger partial charge in [-0.1, -0.05) is 25.1 Å². The van der Waals surface area contributed by atoms with Crippen LogP contribution >= 0.6 is 0 Å². The summed E-state index contributed by atoms with van der Waals surface area (Å²) in [6.07, 6.45) is 0.617. The van der Waals surface area contributed by atoms with Gasteiger partial charge in [0.05, 0.1) is 5.92 Å². The first-order valence-corrected chi connectivity index (χ1v) is 6.69. The maximum atomic E-state index is 13.6. The van der Waals surface area contributed by atoms with Crippen LogP contribution in [0, 0.1) is 17.7 Å². The third-order valence-electron chi connectivity index (χ3n) is 4.05. The van der Waals surface area contributed by atoms with Gasteiger partial charge in [-0.2, -0.15) is 0 Å². The molecule has 0 radical (unpaired) electrons. The lowest BCUT2D eigenvalue weighted by atomic mass is 9.99. The van der Waals surface area contributed by atoms with Gasteiger partial charge in [-0.25, -0.2) is 4.39 Å². The molecule has 0 saturated carbocycles. The summed E-state index contributed by atoms with van der Waals surface area (Å²) in [5, 5.41) is 9.13. The molecule has 0 amide bonds. The molecule has 1 heterocycles. The molecule has 104 valence electrons. The number of carbonyl (C=O) groups is 1. The zero-order valence-electron chi connectivity index (χ0n) is 11.3. The first-order chi connectivity index (χ1) is 8.99. The van der Waals surface area contributed by atoms with Gasteiger partial charge in [0.1, 0.15) is 5.82 Å². The van der Waals surface area contributed by atoms with E-state index in [0.29, 0.717) is 18.5 Å². The highest BCUT2D eigenvalue weighted by Crippen LogP contribution is 2.26. The third kappa shape index (κ3) is 3.13. The average molecular weight is 265 g/mol. The smallest absolute Gasteiger partial charge is 0.308 e. The molecule has 1 N–H and O–H groups in total. The SMILES string of the molecule is CC(Cc1ccccc1F)N1C[C@@H](C)[C@H](C(=O)O)C1. The molecule has 1 fully saturated rings. The van der Waals surface area contributed by atoms with Gasteiger partial charge in [0, 0.05) is 19.1 Å². The van der Waals surface area contributed by atoms with Gasteiger partial charge in [0.15, 0.2) is 0 Å². The van der Waals surface area contributed by atoms with Gasteiger partial charge in [-0.3, -0.25) is 9.69 Å². The number of hydrogen-bond acceptors (Lipinski definition) is 2. The van der Waals surface area contributed by atoms with Crippen LogP contribution in [0.1, 0.15) is 19.4 Å². The topological polar surface area (TPSA) is 40.5 Å². The highest BCUT2D eigenvalue weighted by atomic mass is 19.1. The zero-order valence-corrected chi connectivity index (χ0v) is 11.3. The lowest BCUT2D eigenvalue weighted by Crippen LogP contribution is -2.33. The highest BCUT2D eigenvalue weighted by Gasteiger charge is 2.36. The maximum Gasteiger partial charge on any atom is 0.308 e. The van der Waals surface area contributed by atoms with Crippen LogP contribution in [0.3, 0.4) is 0 Å². The Morgan fingerprint density at radius 3 is 2.74 bits per heavy atom. The minimum Gasteiger partial charge on any atom is -0.481 e. The summed E-state index contributed by atoms with van der Waals surface area (Å²) in [6, 6.07) is 6.93. The second kappa shape index (κ2) is 5.70. The number of halogens is 1. The highest BCUT2D eigenvalue weighted by molar-refractivity contribution is 5.71. The largest absolute Gasteiger partial charge is 0.481 e. The number of nitrogens with zero attached hydrogens (tertiary/aromatic N) is 1. The first kappa shape index (κ1) is 14.0. The average Bonchev–Trinajstić information content (AvgIpc) is 2.74. The van der Waals surface area contributed by atoms with Crippen molar-refractivity contribution in [3.05, 3.63) is 35.6 Å². The summed E-state index contributed by atoms with van der Waals surface area (Å²) in [4.78, 5) is 13.3. The number of rotatable bonds is 4. The quantitative estimate of drug-likeness (QED) is 0.909. The predicted molar refractivity (Wildman–Crippen MR) is 71.4 cm³/mol.